The summed E-state index contributed by atoms with van der Waals surface area (Å²) in [4.78, 5) is 63.6. The third-order valence-corrected chi connectivity index (χ3v) is 9.26. The van der Waals surface area contributed by atoms with E-state index >= 15 is 0 Å². The smallest absolute Gasteiger partial charge is 0.494 e. The quantitative estimate of drug-likeness (QED) is 0.0401. The van der Waals surface area contributed by atoms with Crippen LogP contribution in [0.4, 0.5) is 15.3 Å². The van der Waals surface area contributed by atoms with Crippen LogP contribution in [0.3, 0.4) is 0 Å². The number of hydrogen-bond donors (Lipinski definition) is 1. The SMILES string of the molecule is [B]OC(=O)Oc1cc(=O)oc2cc(N(CC)CCn3cc(COC(=O)NCCOC(=O)C(C)(C)CCC(C)(CC)C(=O)OCCOCCOCCOC)nn3)ccc12. The summed E-state index contributed by atoms with van der Waals surface area (Å²) in [5.74, 6) is -0.868. The molecule has 58 heavy (non-hydrogen) atoms. The molecule has 1 N–H and O–H groups in total. The minimum atomic E-state index is -1.18. The molecule has 2 aromatic heterocycles. The van der Waals surface area contributed by atoms with E-state index in [0.29, 0.717) is 76.4 Å². The molecule has 1 amide bonds. The van der Waals surface area contributed by atoms with E-state index in [2.05, 4.69) is 20.3 Å². The van der Waals surface area contributed by atoms with Gasteiger partial charge in [-0.3, -0.25) is 14.3 Å². The number of likely N-dealkylation sites (N-methyl/N-ethyl adjacent to an activating group) is 1. The molecule has 0 aliphatic heterocycles. The Balaban J connectivity index is 1.35. The molecule has 1 aromatic carbocycles. The highest BCUT2D eigenvalue weighted by atomic mass is 16.7. The maximum absolute atomic E-state index is 12.9. The molecular weight excluding hydrogens is 761 g/mol. The second-order valence-electron chi connectivity index (χ2n) is 13.9. The molecule has 2 radical (unpaired) electrons. The molecule has 0 saturated heterocycles. The van der Waals surface area contributed by atoms with Gasteiger partial charge in [-0.1, -0.05) is 12.1 Å². The van der Waals surface area contributed by atoms with Crippen molar-refractivity contribution in [2.75, 3.05) is 77.9 Å². The zero-order chi connectivity index (χ0) is 42.6. The van der Waals surface area contributed by atoms with Crippen molar-refractivity contribution in [1.82, 2.24) is 20.3 Å². The summed E-state index contributed by atoms with van der Waals surface area (Å²) in [5, 5.41) is 11.1. The fourth-order valence-corrected chi connectivity index (χ4v) is 5.35. The summed E-state index contributed by atoms with van der Waals surface area (Å²) in [7, 11) is 6.44. The molecule has 0 aliphatic carbocycles. The number of hydrogen-bond acceptors (Lipinski definition) is 17. The lowest BCUT2D eigenvalue weighted by molar-refractivity contribution is -0.160. The van der Waals surface area contributed by atoms with Crippen LogP contribution in [0.1, 0.15) is 59.6 Å². The third-order valence-electron chi connectivity index (χ3n) is 9.26. The van der Waals surface area contributed by atoms with Crippen molar-refractivity contribution in [1.29, 1.82) is 0 Å². The Morgan fingerprint density at radius 2 is 1.62 bits per heavy atom. The maximum atomic E-state index is 12.9. The molecule has 1 unspecified atom stereocenters. The number of carbonyl (C=O) groups excluding carboxylic acids is 4. The fourth-order valence-electron chi connectivity index (χ4n) is 5.35. The summed E-state index contributed by atoms with van der Waals surface area (Å²) >= 11 is 0. The van der Waals surface area contributed by atoms with Gasteiger partial charge in [0.05, 0.1) is 74.6 Å². The third kappa shape index (κ3) is 15.3. The second-order valence-corrected chi connectivity index (χ2v) is 13.9. The van der Waals surface area contributed by atoms with Crippen molar-refractivity contribution in [3.8, 4) is 5.75 Å². The van der Waals surface area contributed by atoms with E-state index in [9.17, 15) is 24.0 Å². The number of aromatic nitrogens is 3. The Morgan fingerprint density at radius 1 is 0.914 bits per heavy atom. The summed E-state index contributed by atoms with van der Waals surface area (Å²) in [6, 6.07) is 6.09. The van der Waals surface area contributed by atoms with Crippen molar-refractivity contribution >= 4 is 48.9 Å². The summed E-state index contributed by atoms with van der Waals surface area (Å²) in [6.45, 7) is 12.6. The lowest BCUT2D eigenvalue weighted by Crippen LogP contribution is -2.35. The molecule has 0 fully saturated rings. The number of ether oxygens (including phenoxy) is 7. The van der Waals surface area contributed by atoms with Gasteiger partial charge in [0, 0.05) is 32.0 Å². The zero-order valence-corrected chi connectivity index (χ0v) is 34.1. The number of nitrogens with zero attached hydrogens (tertiary/aromatic N) is 4. The number of amides is 1. The van der Waals surface area contributed by atoms with Gasteiger partial charge < -0.3 is 52.4 Å². The Labute approximate surface area is 338 Å². The molecule has 2 heterocycles. The first-order valence-corrected chi connectivity index (χ1v) is 18.9. The summed E-state index contributed by atoms with van der Waals surface area (Å²) in [5.41, 5.74) is -1.05. The number of anilines is 1. The van der Waals surface area contributed by atoms with Crippen LogP contribution in [0.15, 0.2) is 39.7 Å². The molecule has 3 aromatic rings. The van der Waals surface area contributed by atoms with Crippen molar-refractivity contribution in [2.24, 2.45) is 10.8 Å². The van der Waals surface area contributed by atoms with E-state index < -0.39 is 34.7 Å². The van der Waals surface area contributed by atoms with Gasteiger partial charge in [-0.15, -0.1) is 5.10 Å². The van der Waals surface area contributed by atoms with E-state index in [0.717, 1.165) is 11.8 Å². The molecule has 3 rings (SSSR count). The van der Waals surface area contributed by atoms with Crippen molar-refractivity contribution in [2.45, 2.75) is 67.0 Å². The highest BCUT2D eigenvalue weighted by Gasteiger charge is 2.38. The first kappa shape index (κ1) is 47.2. The average Bonchev–Trinajstić information content (AvgIpc) is 3.67. The average molecular weight is 816 g/mol. The second kappa shape index (κ2) is 23.9. The Morgan fingerprint density at radius 3 is 2.31 bits per heavy atom. The van der Waals surface area contributed by atoms with Crippen LogP contribution in [0.5, 0.6) is 5.75 Å². The topological polar surface area (TPSA) is 218 Å². The first-order valence-electron chi connectivity index (χ1n) is 18.9. The van der Waals surface area contributed by atoms with Gasteiger partial charge in [-0.25, -0.2) is 14.4 Å². The van der Waals surface area contributed by atoms with E-state index in [1.807, 2.05) is 25.7 Å². The standard InChI is InChI=1S/C38H54BN5O14/c1-7-38(5,34(47)54-22-21-52-20-19-51-18-17-50-6)12-11-37(3,4)33(46)53-16-13-40-35(48)55-26-27-25-44(42-41-27)15-14-43(8-2)28-9-10-29-30(23-28)56-32(45)24-31(29)57-36(49)58-39/h9-10,23-25H,7-8,11-22,26H2,1-6H3,(H,40,48). The van der Waals surface area contributed by atoms with Gasteiger partial charge >= 0.3 is 37.9 Å². The molecule has 0 saturated carbocycles. The molecule has 1 atom stereocenters. The van der Waals surface area contributed by atoms with E-state index in [-0.39, 0.29) is 50.3 Å². The van der Waals surface area contributed by atoms with Crippen molar-refractivity contribution in [3.05, 3.63) is 46.6 Å². The molecule has 318 valence electrons. The van der Waals surface area contributed by atoms with Crippen LogP contribution in [0, 0.1) is 10.8 Å². The predicted octanol–water partition coefficient (Wildman–Crippen LogP) is 3.72. The molecule has 0 aliphatic rings. The molecule has 19 nitrogen and oxygen atoms in total. The van der Waals surface area contributed by atoms with Gasteiger partial charge in [0.1, 0.15) is 31.1 Å². The number of alkyl carbamates (subject to hydrolysis) is 1. The van der Waals surface area contributed by atoms with Gasteiger partial charge in [0.25, 0.3) is 0 Å². The Hall–Kier alpha value is -5.21. The molecular formula is C38H54BN5O14. The summed E-state index contributed by atoms with van der Waals surface area (Å²) < 4.78 is 47.7. The monoisotopic (exact) mass is 815 g/mol. The Kier molecular flexibility index (Phi) is 19.4. The number of methoxy groups -OCH3 is 1. The largest absolute Gasteiger partial charge is 0.513 e. The number of fused-ring (bicyclic) bond motifs is 1. The molecule has 20 heteroatoms. The fraction of sp³-hybridized carbons (Fsp3) is 0.605. The number of nitrogens with one attached hydrogen (secondary N) is 1. The highest BCUT2D eigenvalue weighted by Crippen LogP contribution is 2.35. The minimum absolute atomic E-state index is 0.0211. The van der Waals surface area contributed by atoms with Gasteiger partial charge in [0.2, 0.25) is 0 Å². The van der Waals surface area contributed by atoms with Crippen LogP contribution < -0.4 is 20.6 Å². The normalized spacial score (nSPS) is 12.4. The maximum Gasteiger partial charge on any atom is 0.494 e. The van der Waals surface area contributed by atoms with Crippen LogP contribution in [-0.2, 0) is 55.8 Å². The number of benzene rings is 1. The Bertz CT molecular complexity index is 1840. The predicted molar refractivity (Wildman–Crippen MR) is 208 cm³/mol. The first-order chi connectivity index (χ1) is 27.7. The number of rotatable bonds is 26. The van der Waals surface area contributed by atoms with Gasteiger partial charge in [-0.2, -0.15) is 0 Å². The van der Waals surface area contributed by atoms with Crippen molar-refractivity contribution < 1.29 is 61.4 Å². The lowest BCUT2D eigenvalue weighted by atomic mass is 9.76. The molecule has 0 spiro atoms. The van der Waals surface area contributed by atoms with Crippen molar-refractivity contribution in [3.63, 3.8) is 0 Å². The van der Waals surface area contributed by atoms with E-state index in [1.165, 1.54) is 0 Å². The lowest BCUT2D eigenvalue weighted by Gasteiger charge is -2.30. The van der Waals surface area contributed by atoms with E-state index in [4.69, 9.17) is 45.6 Å². The van der Waals surface area contributed by atoms with Crippen LogP contribution in [-0.4, -0.2) is 120 Å². The molecule has 0 bridgehead atoms. The van der Waals surface area contributed by atoms with Gasteiger partial charge in [0.15, 0.2) is 5.75 Å². The number of esters is 2. The van der Waals surface area contributed by atoms with E-state index in [1.54, 1.807) is 50.0 Å². The highest BCUT2D eigenvalue weighted by molar-refractivity contribution is 6.04. The van der Waals surface area contributed by atoms with Crippen LogP contribution in [0.2, 0.25) is 0 Å². The van der Waals surface area contributed by atoms with Gasteiger partial charge in [-0.05, 0) is 59.1 Å². The van der Waals surface area contributed by atoms with Crippen LogP contribution >= 0.6 is 0 Å². The zero-order valence-electron chi connectivity index (χ0n) is 34.1. The number of carbonyl (C=O) groups is 4. The summed E-state index contributed by atoms with van der Waals surface area (Å²) in [6.07, 6.45) is 1.05. The van der Waals surface area contributed by atoms with Crippen LogP contribution in [0.25, 0.3) is 11.0 Å². The minimum Gasteiger partial charge on any atom is -0.513 e.